The van der Waals surface area contributed by atoms with Crippen molar-refractivity contribution in [1.29, 1.82) is 0 Å². The lowest BCUT2D eigenvalue weighted by Gasteiger charge is -2.10. The summed E-state index contributed by atoms with van der Waals surface area (Å²) < 4.78 is 0. The van der Waals surface area contributed by atoms with Crippen molar-refractivity contribution in [3.8, 4) is 0 Å². The maximum Gasteiger partial charge on any atom is 0.259 e. The zero-order valence-electron chi connectivity index (χ0n) is 10.3. The first-order valence-corrected chi connectivity index (χ1v) is 6.23. The highest BCUT2D eigenvalue weighted by Gasteiger charge is 2.30. The van der Waals surface area contributed by atoms with E-state index in [-0.39, 0.29) is 18.4 Å². The zero-order valence-corrected chi connectivity index (χ0v) is 10.3. The predicted molar refractivity (Wildman–Crippen MR) is 71.2 cm³/mol. The van der Waals surface area contributed by atoms with Crippen LogP contribution in [-0.2, 0) is 6.42 Å². The van der Waals surface area contributed by atoms with E-state index in [1.807, 2.05) is 24.3 Å². The highest BCUT2D eigenvalue weighted by Crippen LogP contribution is 2.29. The molecule has 0 atom stereocenters. The second-order valence-corrected chi connectivity index (χ2v) is 4.61. The Bertz CT molecular complexity index is 691. The second kappa shape index (κ2) is 4.48. The maximum atomic E-state index is 11.9. The smallest absolute Gasteiger partial charge is 0.259 e. The molecule has 0 unspecified atom stereocenters. The molecule has 0 spiro atoms. The lowest BCUT2D eigenvalue weighted by molar-refractivity contribution is 0.0879. The number of rotatable bonds is 3. The van der Waals surface area contributed by atoms with E-state index in [1.54, 1.807) is 6.07 Å². The summed E-state index contributed by atoms with van der Waals surface area (Å²) in [5.41, 5.74) is 1.76. The minimum Gasteiger partial charge on any atom is -0.396 e. The number of carbonyl (C=O) groups is 2. The van der Waals surface area contributed by atoms with Crippen LogP contribution in [0.3, 0.4) is 0 Å². The molecule has 96 valence electrons. The minimum absolute atomic E-state index is 0.0631. The summed E-state index contributed by atoms with van der Waals surface area (Å²) in [6, 6.07) is 9.44. The summed E-state index contributed by atoms with van der Waals surface area (Å²) >= 11 is 0. The van der Waals surface area contributed by atoms with Crippen LogP contribution in [0.15, 0.2) is 30.3 Å². The quantitative estimate of drug-likeness (QED) is 0.819. The molecule has 1 aliphatic rings. The van der Waals surface area contributed by atoms with Gasteiger partial charge in [-0.1, -0.05) is 24.3 Å². The Morgan fingerprint density at radius 3 is 2.68 bits per heavy atom. The number of aliphatic hydroxyl groups is 1. The van der Waals surface area contributed by atoms with Gasteiger partial charge >= 0.3 is 0 Å². The van der Waals surface area contributed by atoms with Gasteiger partial charge in [0.15, 0.2) is 0 Å². The summed E-state index contributed by atoms with van der Waals surface area (Å²) in [5.74, 6) is -0.672. The molecule has 19 heavy (non-hydrogen) atoms. The first-order chi connectivity index (χ1) is 9.22. The largest absolute Gasteiger partial charge is 0.396 e. The Labute approximate surface area is 110 Å². The van der Waals surface area contributed by atoms with E-state index in [0.29, 0.717) is 24.0 Å². The van der Waals surface area contributed by atoms with Crippen molar-refractivity contribution in [2.24, 2.45) is 0 Å². The van der Waals surface area contributed by atoms with Gasteiger partial charge in [0.2, 0.25) is 0 Å². The number of fused-ring (bicyclic) bond motifs is 2. The predicted octanol–water partition coefficient (Wildman–Crippen LogP) is 1.65. The van der Waals surface area contributed by atoms with Crippen LogP contribution in [0.4, 0.5) is 0 Å². The number of imide groups is 1. The molecule has 0 aliphatic carbocycles. The third-order valence-corrected chi connectivity index (χ3v) is 3.44. The van der Waals surface area contributed by atoms with Crippen LogP contribution in [0.1, 0.15) is 32.7 Å². The Kier molecular flexibility index (Phi) is 2.80. The van der Waals surface area contributed by atoms with Crippen molar-refractivity contribution in [2.75, 3.05) is 6.61 Å². The van der Waals surface area contributed by atoms with E-state index in [2.05, 4.69) is 5.32 Å². The van der Waals surface area contributed by atoms with Crippen molar-refractivity contribution < 1.29 is 14.7 Å². The van der Waals surface area contributed by atoms with Crippen LogP contribution in [0, 0.1) is 0 Å². The highest BCUT2D eigenvalue weighted by molar-refractivity contribution is 6.24. The van der Waals surface area contributed by atoms with Crippen molar-refractivity contribution in [3.05, 3.63) is 47.0 Å². The zero-order chi connectivity index (χ0) is 13.4. The summed E-state index contributed by atoms with van der Waals surface area (Å²) in [6.45, 7) is 0.0631. The molecule has 0 radical (unpaired) electrons. The van der Waals surface area contributed by atoms with Crippen LogP contribution in [0.2, 0.25) is 0 Å². The van der Waals surface area contributed by atoms with Gasteiger partial charge in [0.1, 0.15) is 0 Å². The van der Waals surface area contributed by atoms with Gasteiger partial charge in [-0.3, -0.25) is 14.9 Å². The summed E-state index contributed by atoms with van der Waals surface area (Å²) in [6.07, 6.45) is 1.16. The van der Waals surface area contributed by atoms with E-state index in [4.69, 9.17) is 5.11 Å². The topological polar surface area (TPSA) is 66.4 Å². The summed E-state index contributed by atoms with van der Waals surface area (Å²) in [4.78, 5) is 23.7. The van der Waals surface area contributed by atoms with Crippen LogP contribution < -0.4 is 5.32 Å². The molecule has 4 nitrogen and oxygen atoms in total. The SMILES string of the molecule is O=C1NC(=O)c2c1cc1ccccc1c2CCCO. The standard InChI is InChI=1S/C15H13NO3/c17-7-3-6-11-10-5-2-1-4-9(10)8-12-13(11)15(19)16-14(12)18/h1-2,4-5,8,17H,3,6-7H2,(H,16,18,19). The van der Waals surface area contributed by atoms with Crippen LogP contribution in [0.25, 0.3) is 10.8 Å². The number of aryl methyl sites for hydroxylation is 1. The molecule has 2 amide bonds. The first kappa shape index (κ1) is 11.9. The Morgan fingerprint density at radius 2 is 1.89 bits per heavy atom. The number of hydrogen-bond donors (Lipinski definition) is 2. The molecule has 0 saturated heterocycles. The van der Waals surface area contributed by atoms with Crippen molar-refractivity contribution in [3.63, 3.8) is 0 Å². The molecular formula is C15H13NO3. The molecule has 0 aromatic heterocycles. The van der Waals surface area contributed by atoms with Crippen molar-refractivity contribution in [2.45, 2.75) is 12.8 Å². The second-order valence-electron chi connectivity index (χ2n) is 4.61. The Morgan fingerprint density at radius 1 is 1.11 bits per heavy atom. The molecular weight excluding hydrogens is 242 g/mol. The number of nitrogens with one attached hydrogen (secondary N) is 1. The van der Waals surface area contributed by atoms with E-state index in [0.717, 1.165) is 16.3 Å². The van der Waals surface area contributed by atoms with Gasteiger partial charge in [-0.05, 0) is 35.2 Å². The van der Waals surface area contributed by atoms with E-state index in [9.17, 15) is 9.59 Å². The molecule has 0 saturated carbocycles. The third-order valence-electron chi connectivity index (χ3n) is 3.44. The molecule has 0 fully saturated rings. The van der Waals surface area contributed by atoms with Crippen LogP contribution >= 0.6 is 0 Å². The van der Waals surface area contributed by atoms with Crippen LogP contribution in [-0.4, -0.2) is 23.5 Å². The van der Waals surface area contributed by atoms with Gasteiger partial charge in [0.25, 0.3) is 11.8 Å². The van der Waals surface area contributed by atoms with Gasteiger partial charge in [0.05, 0.1) is 11.1 Å². The number of hydrogen-bond acceptors (Lipinski definition) is 3. The molecule has 1 heterocycles. The molecule has 3 rings (SSSR count). The number of benzene rings is 2. The van der Waals surface area contributed by atoms with E-state index in [1.165, 1.54) is 0 Å². The number of amides is 2. The molecule has 1 aliphatic heterocycles. The third kappa shape index (κ3) is 1.81. The fourth-order valence-corrected chi connectivity index (χ4v) is 2.61. The minimum atomic E-state index is -0.337. The van der Waals surface area contributed by atoms with E-state index >= 15 is 0 Å². The number of aliphatic hydroxyl groups excluding tert-OH is 1. The lowest BCUT2D eigenvalue weighted by Crippen LogP contribution is -2.20. The van der Waals surface area contributed by atoms with Crippen molar-refractivity contribution in [1.82, 2.24) is 5.32 Å². The normalized spacial score (nSPS) is 13.7. The molecule has 2 N–H and O–H groups in total. The van der Waals surface area contributed by atoms with Gasteiger partial charge in [-0.15, -0.1) is 0 Å². The Balaban J connectivity index is 2.31. The van der Waals surface area contributed by atoms with Crippen molar-refractivity contribution >= 4 is 22.6 Å². The van der Waals surface area contributed by atoms with Gasteiger partial charge < -0.3 is 5.11 Å². The average Bonchev–Trinajstić information content (AvgIpc) is 2.70. The number of carbonyl (C=O) groups excluding carboxylic acids is 2. The highest BCUT2D eigenvalue weighted by atomic mass is 16.3. The first-order valence-electron chi connectivity index (χ1n) is 6.23. The van der Waals surface area contributed by atoms with E-state index < -0.39 is 0 Å². The van der Waals surface area contributed by atoms with Gasteiger partial charge in [-0.25, -0.2) is 0 Å². The summed E-state index contributed by atoms with van der Waals surface area (Å²) in [5, 5.41) is 13.2. The maximum absolute atomic E-state index is 11.9. The molecule has 2 aromatic rings. The fourth-order valence-electron chi connectivity index (χ4n) is 2.61. The van der Waals surface area contributed by atoms with Gasteiger partial charge in [0, 0.05) is 6.61 Å². The van der Waals surface area contributed by atoms with Crippen LogP contribution in [0.5, 0.6) is 0 Å². The summed E-state index contributed by atoms with van der Waals surface area (Å²) in [7, 11) is 0. The molecule has 4 heteroatoms. The van der Waals surface area contributed by atoms with Gasteiger partial charge in [-0.2, -0.15) is 0 Å². The monoisotopic (exact) mass is 255 g/mol. The molecule has 2 aromatic carbocycles. The fraction of sp³-hybridized carbons (Fsp3) is 0.200. The Hall–Kier alpha value is -2.20. The average molecular weight is 255 g/mol. The lowest BCUT2D eigenvalue weighted by atomic mass is 9.92. The molecule has 0 bridgehead atoms.